The first-order chi connectivity index (χ1) is 13.5. The molecule has 2 aliphatic heterocycles. The van der Waals surface area contributed by atoms with Crippen LogP contribution in [0.25, 0.3) is 11.1 Å². The maximum atomic E-state index is 12.3. The molecule has 0 unspecified atom stereocenters. The van der Waals surface area contributed by atoms with E-state index in [4.69, 9.17) is 9.26 Å². The quantitative estimate of drug-likeness (QED) is 0.626. The standard InChI is InChI=1S/C21H22N2O4S/c1-15-21-18-9-7-17(8-10-18)13-22-28(24,25)11-3-5-16-4-2-6-19(12-16)26-14-20(21)27-23-15/h2,4,6-10,12,22H,3,5,11,13-14H2,1H3. The molecule has 0 saturated heterocycles. The van der Waals surface area contributed by atoms with Gasteiger partial charge in [-0.15, -0.1) is 0 Å². The van der Waals surface area contributed by atoms with Gasteiger partial charge in [0.05, 0.1) is 17.0 Å². The Kier molecular flexibility index (Phi) is 5.19. The summed E-state index contributed by atoms with van der Waals surface area (Å²) in [5.41, 5.74) is 4.60. The van der Waals surface area contributed by atoms with E-state index >= 15 is 0 Å². The van der Waals surface area contributed by atoms with Gasteiger partial charge < -0.3 is 9.26 Å². The molecule has 3 aromatic rings. The number of aromatic nitrogens is 1. The smallest absolute Gasteiger partial charge is 0.211 e. The van der Waals surface area contributed by atoms with E-state index in [1.165, 1.54) is 0 Å². The molecule has 6 nitrogen and oxygen atoms in total. The van der Waals surface area contributed by atoms with Crippen LogP contribution in [-0.2, 0) is 29.6 Å². The molecule has 7 heteroatoms. The summed E-state index contributed by atoms with van der Waals surface area (Å²) >= 11 is 0. The molecular weight excluding hydrogens is 376 g/mol. The molecule has 2 aromatic carbocycles. The molecule has 5 rings (SSSR count). The lowest BCUT2D eigenvalue weighted by molar-refractivity contribution is 0.249. The van der Waals surface area contributed by atoms with Crippen molar-refractivity contribution in [2.24, 2.45) is 0 Å². The van der Waals surface area contributed by atoms with Crippen molar-refractivity contribution in [3.63, 3.8) is 0 Å². The summed E-state index contributed by atoms with van der Waals surface area (Å²) in [6.07, 6.45) is 1.21. The van der Waals surface area contributed by atoms with Crippen LogP contribution in [0.4, 0.5) is 0 Å². The predicted octanol–water partition coefficient (Wildman–Crippen LogP) is 3.59. The summed E-state index contributed by atoms with van der Waals surface area (Å²) in [7, 11) is -3.32. The highest BCUT2D eigenvalue weighted by molar-refractivity contribution is 7.89. The highest BCUT2D eigenvalue weighted by Gasteiger charge is 2.17. The third kappa shape index (κ3) is 4.26. The molecule has 1 aromatic heterocycles. The molecule has 0 spiro atoms. The normalized spacial score (nSPS) is 16.8. The Hall–Kier alpha value is -2.64. The van der Waals surface area contributed by atoms with Crippen LogP contribution in [-0.4, -0.2) is 19.3 Å². The molecule has 0 radical (unpaired) electrons. The molecule has 0 saturated carbocycles. The number of hydrogen-bond acceptors (Lipinski definition) is 5. The number of aryl methyl sites for hydroxylation is 2. The topological polar surface area (TPSA) is 81.4 Å². The molecule has 28 heavy (non-hydrogen) atoms. The summed E-state index contributed by atoms with van der Waals surface area (Å²) in [5, 5.41) is 4.09. The predicted molar refractivity (Wildman–Crippen MR) is 106 cm³/mol. The number of ether oxygens (including phenoxy) is 1. The zero-order chi connectivity index (χ0) is 19.6. The van der Waals surface area contributed by atoms with Crippen LogP contribution in [0.5, 0.6) is 5.75 Å². The second-order valence-corrected chi connectivity index (χ2v) is 8.87. The van der Waals surface area contributed by atoms with Crippen LogP contribution in [0.1, 0.15) is 29.0 Å². The van der Waals surface area contributed by atoms with Gasteiger partial charge in [-0.1, -0.05) is 41.6 Å². The Labute approximate surface area is 164 Å². The van der Waals surface area contributed by atoms with Gasteiger partial charge >= 0.3 is 0 Å². The Morgan fingerprint density at radius 3 is 2.71 bits per heavy atom. The van der Waals surface area contributed by atoms with Crippen LogP contribution in [0.2, 0.25) is 0 Å². The van der Waals surface area contributed by atoms with Gasteiger partial charge in [0.15, 0.2) is 5.76 Å². The van der Waals surface area contributed by atoms with Crippen LogP contribution in [0, 0.1) is 6.92 Å². The lowest BCUT2D eigenvalue weighted by atomic mass is 10.0. The summed E-state index contributed by atoms with van der Waals surface area (Å²) in [6.45, 7) is 2.45. The highest BCUT2D eigenvalue weighted by Crippen LogP contribution is 2.29. The van der Waals surface area contributed by atoms with E-state index in [1.807, 2.05) is 55.5 Å². The van der Waals surface area contributed by atoms with Gasteiger partial charge in [-0.05, 0) is 48.6 Å². The highest BCUT2D eigenvalue weighted by atomic mass is 32.2. The number of nitrogens with zero attached hydrogens (tertiary/aromatic N) is 1. The monoisotopic (exact) mass is 398 g/mol. The average Bonchev–Trinajstić information content (AvgIpc) is 3.05. The Morgan fingerprint density at radius 2 is 1.89 bits per heavy atom. The molecule has 1 N–H and O–H groups in total. The number of fused-ring (bicyclic) bond motifs is 8. The number of rotatable bonds is 0. The minimum atomic E-state index is -3.32. The zero-order valence-electron chi connectivity index (χ0n) is 15.6. The van der Waals surface area contributed by atoms with Crippen molar-refractivity contribution in [3.8, 4) is 16.9 Å². The molecular formula is C21H22N2O4S. The second kappa shape index (κ2) is 7.77. The fourth-order valence-corrected chi connectivity index (χ4v) is 4.40. The summed E-state index contributed by atoms with van der Waals surface area (Å²) in [4.78, 5) is 0. The number of nitrogens with one attached hydrogen (secondary N) is 1. The zero-order valence-corrected chi connectivity index (χ0v) is 16.5. The van der Waals surface area contributed by atoms with Crippen LogP contribution in [0.3, 0.4) is 0 Å². The third-order valence-electron chi connectivity index (χ3n) is 4.82. The molecule has 0 amide bonds. The van der Waals surface area contributed by atoms with Crippen LogP contribution in [0.15, 0.2) is 53.1 Å². The van der Waals surface area contributed by atoms with Gasteiger partial charge in [-0.25, -0.2) is 13.1 Å². The fraction of sp³-hybridized carbons (Fsp3) is 0.286. The van der Waals surface area contributed by atoms with Crippen molar-refractivity contribution in [3.05, 3.63) is 71.1 Å². The first kappa shape index (κ1) is 18.7. The summed E-state index contributed by atoms with van der Waals surface area (Å²) < 4.78 is 38.6. The Bertz CT molecular complexity index is 1070. The van der Waals surface area contributed by atoms with Gasteiger partial charge in [0, 0.05) is 6.54 Å². The molecule has 2 aliphatic rings. The largest absolute Gasteiger partial charge is 0.486 e. The third-order valence-corrected chi connectivity index (χ3v) is 6.23. The van der Waals surface area contributed by atoms with Gasteiger partial charge in [0.1, 0.15) is 12.4 Å². The van der Waals surface area contributed by atoms with Crippen molar-refractivity contribution in [1.29, 1.82) is 0 Å². The SMILES string of the molecule is Cc1noc2c1-c1ccc(cc1)CNS(=O)(=O)CCCc1cccc(c1)OC2. The van der Waals surface area contributed by atoms with E-state index < -0.39 is 10.0 Å². The molecule has 4 bridgehead atoms. The van der Waals surface area contributed by atoms with Crippen molar-refractivity contribution in [2.75, 3.05) is 5.75 Å². The Morgan fingerprint density at radius 1 is 1.07 bits per heavy atom. The van der Waals surface area contributed by atoms with Crippen molar-refractivity contribution in [1.82, 2.24) is 9.88 Å². The van der Waals surface area contributed by atoms with Gasteiger partial charge in [0.2, 0.25) is 10.0 Å². The van der Waals surface area contributed by atoms with Gasteiger partial charge in [0.25, 0.3) is 0 Å². The number of benzene rings is 2. The number of hydrogen-bond donors (Lipinski definition) is 1. The fourth-order valence-electron chi connectivity index (χ4n) is 3.35. The van der Waals surface area contributed by atoms with Crippen molar-refractivity contribution >= 4 is 10.0 Å². The van der Waals surface area contributed by atoms with E-state index in [1.54, 1.807) is 0 Å². The molecule has 3 heterocycles. The Balaban J connectivity index is 1.70. The maximum absolute atomic E-state index is 12.3. The lowest BCUT2D eigenvalue weighted by Crippen LogP contribution is -2.26. The maximum Gasteiger partial charge on any atom is 0.211 e. The van der Waals surface area contributed by atoms with Crippen molar-refractivity contribution in [2.45, 2.75) is 32.9 Å². The second-order valence-electron chi connectivity index (χ2n) is 6.94. The van der Waals surface area contributed by atoms with E-state index in [2.05, 4.69) is 9.88 Å². The van der Waals surface area contributed by atoms with E-state index in [9.17, 15) is 8.42 Å². The molecule has 146 valence electrons. The van der Waals surface area contributed by atoms with Gasteiger partial charge in [-0.3, -0.25) is 0 Å². The van der Waals surface area contributed by atoms with Crippen LogP contribution < -0.4 is 9.46 Å². The minimum absolute atomic E-state index is 0.0928. The first-order valence-corrected chi connectivity index (χ1v) is 10.9. The van der Waals surface area contributed by atoms with Crippen LogP contribution >= 0.6 is 0 Å². The van der Waals surface area contributed by atoms with E-state index in [0.717, 1.165) is 33.7 Å². The molecule has 0 aliphatic carbocycles. The van der Waals surface area contributed by atoms with Gasteiger partial charge in [-0.2, -0.15) is 0 Å². The summed E-state index contributed by atoms with van der Waals surface area (Å²) in [6, 6.07) is 15.4. The lowest BCUT2D eigenvalue weighted by Gasteiger charge is -2.08. The molecule has 0 atom stereocenters. The molecule has 0 fully saturated rings. The minimum Gasteiger partial charge on any atom is -0.486 e. The summed E-state index contributed by atoms with van der Waals surface area (Å²) in [5.74, 6) is 1.48. The van der Waals surface area contributed by atoms with E-state index in [-0.39, 0.29) is 18.9 Å². The van der Waals surface area contributed by atoms with Crippen molar-refractivity contribution < 1.29 is 17.7 Å². The van der Waals surface area contributed by atoms with E-state index in [0.29, 0.717) is 18.6 Å². The number of sulfonamides is 1. The first-order valence-electron chi connectivity index (χ1n) is 9.24. The average molecular weight is 398 g/mol.